The van der Waals surface area contributed by atoms with E-state index in [9.17, 15) is 8.42 Å². The van der Waals surface area contributed by atoms with E-state index in [-0.39, 0.29) is 5.75 Å². The van der Waals surface area contributed by atoms with Crippen LogP contribution in [0, 0.1) is 0 Å². The highest BCUT2D eigenvalue weighted by Crippen LogP contribution is 2.27. The molecule has 100 valence electrons. The van der Waals surface area contributed by atoms with Crippen molar-refractivity contribution < 1.29 is 8.42 Å². The quantitative estimate of drug-likeness (QED) is 0.888. The molecule has 3 nitrogen and oxygen atoms in total. The van der Waals surface area contributed by atoms with Crippen molar-refractivity contribution in [2.45, 2.75) is 32.2 Å². The molecule has 1 aliphatic heterocycles. The van der Waals surface area contributed by atoms with Gasteiger partial charge in [0.15, 0.2) is 0 Å². The lowest BCUT2D eigenvalue weighted by Gasteiger charge is -2.26. The molecule has 0 bridgehead atoms. The third-order valence-corrected chi connectivity index (χ3v) is 5.44. The van der Waals surface area contributed by atoms with Gasteiger partial charge >= 0.3 is 0 Å². The molecule has 0 fully saturated rings. The summed E-state index contributed by atoms with van der Waals surface area (Å²) >= 11 is 0. The van der Waals surface area contributed by atoms with Crippen LogP contribution < -0.4 is 5.32 Å². The molecule has 0 saturated carbocycles. The molecule has 4 heteroatoms. The molecule has 18 heavy (non-hydrogen) atoms. The summed E-state index contributed by atoms with van der Waals surface area (Å²) in [5.41, 5.74) is 2.75. The van der Waals surface area contributed by atoms with Gasteiger partial charge in [0.05, 0.1) is 5.75 Å². The highest BCUT2D eigenvalue weighted by molar-refractivity contribution is 7.91. The first-order chi connectivity index (χ1) is 8.62. The summed E-state index contributed by atoms with van der Waals surface area (Å²) in [6, 6.07) is 8.46. The normalized spacial score (nSPS) is 19.5. The summed E-state index contributed by atoms with van der Waals surface area (Å²) in [5, 5.41) is 3.40. The molecule has 1 aromatic rings. The Labute approximate surface area is 110 Å². The monoisotopic (exact) mass is 267 g/mol. The molecule has 0 saturated heterocycles. The van der Waals surface area contributed by atoms with Crippen LogP contribution in [0.3, 0.4) is 0 Å². The van der Waals surface area contributed by atoms with Gasteiger partial charge in [0, 0.05) is 18.8 Å². The Morgan fingerprint density at radius 2 is 2.11 bits per heavy atom. The largest absolute Gasteiger partial charge is 0.312 e. The summed E-state index contributed by atoms with van der Waals surface area (Å²) in [5.74, 6) is 1.04. The lowest BCUT2D eigenvalue weighted by molar-refractivity contribution is 0.507. The van der Waals surface area contributed by atoms with Crippen LogP contribution in [-0.4, -0.2) is 26.5 Å². The Morgan fingerprint density at radius 3 is 2.89 bits per heavy atom. The summed E-state index contributed by atoms with van der Waals surface area (Å²) in [4.78, 5) is 0. The number of hydrogen-bond donors (Lipinski definition) is 1. The minimum Gasteiger partial charge on any atom is -0.312 e. The van der Waals surface area contributed by atoms with Crippen molar-refractivity contribution in [3.63, 3.8) is 0 Å². The van der Waals surface area contributed by atoms with E-state index >= 15 is 0 Å². The van der Waals surface area contributed by atoms with Crippen LogP contribution in [0.15, 0.2) is 24.3 Å². The first-order valence-corrected chi connectivity index (χ1v) is 8.43. The van der Waals surface area contributed by atoms with Gasteiger partial charge in [-0.15, -0.1) is 0 Å². The molecule has 0 aliphatic carbocycles. The first-order valence-electron chi connectivity index (χ1n) is 6.61. The molecule has 1 unspecified atom stereocenters. The van der Waals surface area contributed by atoms with E-state index in [0.29, 0.717) is 11.7 Å². The van der Waals surface area contributed by atoms with Gasteiger partial charge in [-0.2, -0.15) is 0 Å². The Bertz CT molecular complexity index is 496. The van der Waals surface area contributed by atoms with Crippen molar-refractivity contribution in [2.24, 2.45) is 0 Å². The maximum Gasteiger partial charge on any atom is 0.150 e. The zero-order valence-electron chi connectivity index (χ0n) is 10.9. The Hall–Kier alpha value is -0.870. The highest BCUT2D eigenvalue weighted by atomic mass is 32.2. The molecular formula is C14H21NO2S. The van der Waals surface area contributed by atoms with E-state index in [1.807, 2.05) is 0 Å². The summed E-state index contributed by atoms with van der Waals surface area (Å²) in [6.07, 6.45) is 1.71. The lowest BCUT2D eigenvalue weighted by Crippen LogP contribution is -2.28. The fourth-order valence-corrected chi connectivity index (χ4v) is 3.43. The molecule has 0 radical (unpaired) electrons. The van der Waals surface area contributed by atoms with Crippen molar-refractivity contribution in [1.82, 2.24) is 5.32 Å². The number of benzene rings is 1. The van der Waals surface area contributed by atoms with Crippen LogP contribution >= 0.6 is 0 Å². The van der Waals surface area contributed by atoms with E-state index in [4.69, 9.17) is 0 Å². The van der Waals surface area contributed by atoms with E-state index in [0.717, 1.165) is 25.9 Å². The fourth-order valence-electron chi connectivity index (χ4n) is 2.54. The van der Waals surface area contributed by atoms with Crippen LogP contribution in [-0.2, 0) is 16.4 Å². The average molecular weight is 267 g/mol. The Balaban J connectivity index is 1.96. The van der Waals surface area contributed by atoms with Crippen molar-refractivity contribution >= 4 is 9.84 Å². The Morgan fingerprint density at radius 1 is 1.33 bits per heavy atom. The molecule has 0 spiro atoms. The molecule has 0 aromatic heterocycles. The van der Waals surface area contributed by atoms with Gasteiger partial charge in [-0.25, -0.2) is 8.42 Å². The van der Waals surface area contributed by atoms with Gasteiger partial charge in [-0.1, -0.05) is 31.2 Å². The number of fused-ring (bicyclic) bond motifs is 1. The summed E-state index contributed by atoms with van der Waals surface area (Å²) in [7, 11) is -2.82. The molecule has 1 N–H and O–H groups in total. The van der Waals surface area contributed by atoms with Crippen LogP contribution in [0.2, 0.25) is 0 Å². The van der Waals surface area contributed by atoms with Gasteiger partial charge in [0.1, 0.15) is 9.84 Å². The maximum absolute atomic E-state index is 11.5. The van der Waals surface area contributed by atoms with Gasteiger partial charge in [0.25, 0.3) is 0 Å². The molecule has 1 aromatic carbocycles. The SMILES string of the molecule is CCS(=O)(=O)CCCC1CNCc2ccccc21. The fraction of sp³-hybridized carbons (Fsp3) is 0.571. The highest BCUT2D eigenvalue weighted by Gasteiger charge is 2.19. The number of nitrogens with one attached hydrogen (secondary N) is 1. The van der Waals surface area contributed by atoms with Crippen LogP contribution in [0.5, 0.6) is 0 Å². The molecule has 1 aliphatic rings. The predicted molar refractivity (Wildman–Crippen MR) is 74.5 cm³/mol. The molecule has 1 heterocycles. The first kappa shape index (κ1) is 13.6. The zero-order valence-corrected chi connectivity index (χ0v) is 11.7. The predicted octanol–water partition coefficient (Wildman–Crippen LogP) is 2.09. The van der Waals surface area contributed by atoms with Crippen LogP contribution in [0.4, 0.5) is 0 Å². The topological polar surface area (TPSA) is 46.2 Å². The van der Waals surface area contributed by atoms with Gasteiger partial charge in [0.2, 0.25) is 0 Å². The van der Waals surface area contributed by atoms with E-state index < -0.39 is 9.84 Å². The second-order valence-corrected chi connectivity index (χ2v) is 7.38. The van der Waals surface area contributed by atoms with Crippen molar-refractivity contribution in [1.29, 1.82) is 0 Å². The number of sulfone groups is 1. The van der Waals surface area contributed by atoms with Crippen molar-refractivity contribution in [3.8, 4) is 0 Å². The second-order valence-electron chi connectivity index (χ2n) is 4.91. The third-order valence-electron chi connectivity index (χ3n) is 3.65. The van der Waals surface area contributed by atoms with Gasteiger partial charge < -0.3 is 5.32 Å². The van der Waals surface area contributed by atoms with E-state index in [1.54, 1.807) is 6.92 Å². The van der Waals surface area contributed by atoms with Gasteiger partial charge in [-0.05, 0) is 29.9 Å². The molecule has 1 atom stereocenters. The van der Waals surface area contributed by atoms with Gasteiger partial charge in [-0.3, -0.25) is 0 Å². The lowest BCUT2D eigenvalue weighted by atomic mass is 9.88. The maximum atomic E-state index is 11.5. The molecule has 2 rings (SSSR count). The zero-order chi connectivity index (χ0) is 13.0. The third kappa shape index (κ3) is 3.33. The summed E-state index contributed by atoms with van der Waals surface area (Å²) in [6.45, 7) is 3.61. The standard InChI is InChI=1S/C14H21NO2S/c1-2-18(16,17)9-5-7-13-11-15-10-12-6-3-4-8-14(12)13/h3-4,6,8,13,15H,2,5,7,9-11H2,1H3. The number of rotatable bonds is 5. The van der Waals surface area contributed by atoms with Crippen molar-refractivity contribution in [3.05, 3.63) is 35.4 Å². The van der Waals surface area contributed by atoms with E-state index in [2.05, 4.69) is 29.6 Å². The smallest absolute Gasteiger partial charge is 0.150 e. The van der Waals surface area contributed by atoms with Crippen LogP contribution in [0.1, 0.15) is 36.8 Å². The minimum atomic E-state index is -2.82. The van der Waals surface area contributed by atoms with Crippen molar-refractivity contribution in [2.75, 3.05) is 18.1 Å². The van der Waals surface area contributed by atoms with E-state index in [1.165, 1.54) is 11.1 Å². The minimum absolute atomic E-state index is 0.256. The average Bonchev–Trinajstić information content (AvgIpc) is 2.39. The molecule has 0 amide bonds. The summed E-state index contributed by atoms with van der Waals surface area (Å²) < 4.78 is 22.9. The number of hydrogen-bond acceptors (Lipinski definition) is 3. The molecular weight excluding hydrogens is 246 g/mol. The second kappa shape index (κ2) is 5.85. The Kier molecular flexibility index (Phi) is 4.40. The van der Waals surface area contributed by atoms with Crippen LogP contribution in [0.25, 0.3) is 0 Å².